The summed E-state index contributed by atoms with van der Waals surface area (Å²) in [6, 6.07) is 1.20. The van der Waals surface area contributed by atoms with Gasteiger partial charge >= 0.3 is 6.03 Å². The molecule has 0 spiro atoms. The van der Waals surface area contributed by atoms with Crippen LogP contribution in [0.15, 0.2) is 6.07 Å². The van der Waals surface area contributed by atoms with Gasteiger partial charge in [0.2, 0.25) is 0 Å². The second-order valence-corrected chi connectivity index (χ2v) is 12.5. The fourth-order valence-corrected chi connectivity index (χ4v) is 4.13. The first-order chi connectivity index (χ1) is 11.6. The molecule has 0 heterocycles. The van der Waals surface area contributed by atoms with Gasteiger partial charge in [-0.05, 0) is 6.92 Å². The van der Waals surface area contributed by atoms with Crippen molar-refractivity contribution in [2.75, 3.05) is 32.8 Å². The van der Waals surface area contributed by atoms with Gasteiger partial charge in [0.25, 0.3) is 0 Å². The van der Waals surface area contributed by atoms with E-state index in [2.05, 4.69) is 25.0 Å². The van der Waals surface area contributed by atoms with Gasteiger partial charge in [0.15, 0.2) is 0 Å². The molecule has 0 aliphatic rings. The summed E-state index contributed by atoms with van der Waals surface area (Å²) in [5, 5.41) is 3.37. The molecular formula is C16H26Cl2N2O4Si. The van der Waals surface area contributed by atoms with Crippen molar-refractivity contribution < 1.29 is 19.0 Å². The van der Waals surface area contributed by atoms with Gasteiger partial charge in [-0.3, -0.25) is 4.90 Å². The first-order valence-electron chi connectivity index (χ1n) is 7.84. The number of ether oxygens (including phenoxy) is 3. The van der Waals surface area contributed by atoms with Crippen molar-refractivity contribution in [2.45, 2.75) is 32.4 Å². The molecule has 0 aromatic heterocycles. The maximum atomic E-state index is 12.7. The van der Waals surface area contributed by atoms with Crippen LogP contribution in [0.2, 0.25) is 29.7 Å². The maximum Gasteiger partial charge on any atom is 0.323 e. The average molecular weight is 409 g/mol. The monoisotopic (exact) mass is 408 g/mol. The van der Waals surface area contributed by atoms with Gasteiger partial charge in [-0.25, -0.2) is 4.79 Å². The third-order valence-corrected chi connectivity index (χ3v) is 6.18. The molecule has 6 nitrogen and oxygen atoms in total. The second kappa shape index (κ2) is 8.98. The first-order valence-corrected chi connectivity index (χ1v) is 12.2. The normalized spacial score (nSPS) is 12.5. The lowest BCUT2D eigenvalue weighted by atomic mass is 10.2. The van der Waals surface area contributed by atoms with Crippen LogP contribution in [0, 0.1) is 0 Å². The van der Waals surface area contributed by atoms with Gasteiger partial charge in [-0.2, -0.15) is 0 Å². The third kappa shape index (κ3) is 5.16. The van der Waals surface area contributed by atoms with Crippen molar-refractivity contribution in [2.24, 2.45) is 0 Å². The molecule has 0 saturated carbocycles. The molecule has 142 valence electrons. The number of hydrogen-bond donors (Lipinski definition) is 1. The van der Waals surface area contributed by atoms with Crippen molar-refractivity contribution in [3.8, 4) is 11.5 Å². The summed E-state index contributed by atoms with van der Waals surface area (Å²) in [5.74, 6) is 0.394. The number of amides is 2. The van der Waals surface area contributed by atoms with E-state index < -0.39 is 8.07 Å². The van der Waals surface area contributed by atoms with Crippen LogP contribution in [0.4, 0.5) is 10.5 Å². The lowest BCUT2D eigenvalue weighted by Gasteiger charge is -2.31. The smallest absolute Gasteiger partial charge is 0.323 e. The molecule has 1 aromatic rings. The van der Waals surface area contributed by atoms with Crippen molar-refractivity contribution in [1.82, 2.24) is 5.32 Å². The average Bonchev–Trinajstić information content (AvgIpc) is 2.53. The van der Waals surface area contributed by atoms with E-state index in [0.29, 0.717) is 23.8 Å². The lowest BCUT2D eigenvalue weighted by Crippen LogP contribution is -2.55. The molecule has 1 atom stereocenters. The topological polar surface area (TPSA) is 60.0 Å². The van der Waals surface area contributed by atoms with Gasteiger partial charge in [0, 0.05) is 19.7 Å². The van der Waals surface area contributed by atoms with E-state index in [-0.39, 0.29) is 21.9 Å². The Morgan fingerprint density at radius 2 is 1.68 bits per heavy atom. The number of benzene rings is 1. The van der Waals surface area contributed by atoms with E-state index in [0.717, 1.165) is 0 Å². The molecule has 1 unspecified atom stereocenters. The zero-order chi connectivity index (χ0) is 19.4. The number of hydrogen-bond acceptors (Lipinski definition) is 4. The Hall–Kier alpha value is -1.15. The molecule has 0 radical (unpaired) electrons. The lowest BCUT2D eigenvalue weighted by molar-refractivity contribution is 0.0945. The molecule has 1 aromatic carbocycles. The van der Waals surface area contributed by atoms with Gasteiger partial charge in [-0.1, -0.05) is 42.8 Å². The minimum absolute atomic E-state index is 0.229. The number of carbonyl (C=O) groups excluding carboxylic acids is 1. The summed E-state index contributed by atoms with van der Waals surface area (Å²) >= 11 is 12.7. The molecule has 2 amide bonds. The van der Waals surface area contributed by atoms with Gasteiger partial charge < -0.3 is 19.5 Å². The zero-order valence-electron chi connectivity index (χ0n) is 15.7. The molecule has 0 fully saturated rings. The van der Waals surface area contributed by atoms with E-state index in [4.69, 9.17) is 37.4 Å². The molecule has 25 heavy (non-hydrogen) atoms. The Morgan fingerprint density at radius 3 is 2.04 bits per heavy atom. The zero-order valence-corrected chi connectivity index (χ0v) is 18.2. The fourth-order valence-electron chi connectivity index (χ4n) is 2.15. The number of nitrogens with zero attached hydrogens (tertiary/aromatic N) is 1. The van der Waals surface area contributed by atoms with Crippen LogP contribution in [0.5, 0.6) is 11.5 Å². The highest BCUT2D eigenvalue weighted by atomic mass is 35.5. The first kappa shape index (κ1) is 21.9. The van der Waals surface area contributed by atoms with Gasteiger partial charge in [0.1, 0.15) is 35.5 Å². The SMILES string of the molecule is CCOC(NC(=O)N(C)c1c(Cl)c(OC)cc(OC)c1Cl)[Si](C)(C)C. The highest BCUT2D eigenvalue weighted by molar-refractivity contribution is 6.77. The van der Waals surface area contributed by atoms with E-state index in [1.54, 1.807) is 13.1 Å². The summed E-state index contributed by atoms with van der Waals surface area (Å²) in [6.45, 7) is 8.74. The number of urea groups is 1. The number of anilines is 1. The van der Waals surface area contributed by atoms with Crippen molar-refractivity contribution in [3.05, 3.63) is 16.1 Å². The molecule has 0 saturated heterocycles. The number of carbonyl (C=O) groups is 1. The van der Waals surface area contributed by atoms with Crippen LogP contribution in [0.25, 0.3) is 0 Å². The van der Waals surface area contributed by atoms with Crippen molar-refractivity contribution in [1.29, 1.82) is 0 Å². The minimum Gasteiger partial charge on any atom is -0.495 e. The Bertz CT molecular complexity index is 595. The molecule has 0 aliphatic carbocycles. The van der Waals surface area contributed by atoms with Crippen LogP contribution >= 0.6 is 23.2 Å². The Kier molecular flexibility index (Phi) is 7.86. The number of nitrogens with one attached hydrogen (secondary N) is 1. The minimum atomic E-state index is -1.78. The Labute approximate surface area is 160 Å². The predicted octanol–water partition coefficient (Wildman–Crippen LogP) is 4.40. The van der Waals surface area contributed by atoms with Gasteiger partial charge in [0.05, 0.1) is 19.9 Å². The molecule has 0 aliphatic heterocycles. The van der Waals surface area contributed by atoms with Crippen molar-refractivity contribution in [3.63, 3.8) is 0 Å². The van der Waals surface area contributed by atoms with Crippen molar-refractivity contribution >= 4 is 43.0 Å². The molecule has 0 bridgehead atoms. The van der Waals surface area contributed by atoms with E-state index >= 15 is 0 Å². The van der Waals surface area contributed by atoms with Crippen LogP contribution < -0.4 is 19.7 Å². The molecule has 1 N–H and O–H groups in total. The maximum absolute atomic E-state index is 12.7. The highest BCUT2D eigenvalue weighted by Gasteiger charge is 2.31. The fraction of sp³-hybridized carbons (Fsp3) is 0.562. The van der Waals surface area contributed by atoms with Crippen LogP contribution in [0.3, 0.4) is 0 Å². The third-order valence-electron chi connectivity index (χ3n) is 3.57. The molecule has 9 heteroatoms. The summed E-state index contributed by atoms with van der Waals surface area (Å²) in [7, 11) is 2.76. The van der Waals surface area contributed by atoms with E-state index in [1.807, 2.05) is 6.92 Å². The summed E-state index contributed by atoms with van der Waals surface area (Å²) in [5.41, 5.74) is 0.308. The quantitative estimate of drug-likeness (QED) is 0.536. The number of halogens is 2. The molecular weight excluding hydrogens is 383 g/mol. The Balaban J connectivity index is 3.21. The number of methoxy groups -OCH3 is 2. The summed E-state index contributed by atoms with van der Waals surface area (Å²) < 4.78 is 16.2. The Morgan fingerprint density at radius 1 is 1.20 bits per heavy atom. The van der Waals surface area contributed by atoms with E-state index in [1.165, 1.54) is 19.1 Å². The number of rotatable bonds is 7. The summed E-state index contributed by atoms with van der Waals surface area (Å²) in [6.07, 6.45) is 0. The van der Waals surface area contributed by atoms with Gasteiger partial charge in [-0.15, -0.1) is 0 Å². The second-order valence-electron chi connectivity index (χ2n) is 6.47. The van der Waals surface area contributed by atoms with E-state index in [9.17, 15) is 4.79 Å². The molecule has 1 rings (SSSR count). The highest BCUT2D eigenvalue weighted by Crippen LogP contribution is 2.45. The largest absolute Gasteiger partial charge is 0.495 e. The van der Waals surface area contributed by atoms with Crippen LogP contribution in [0.1, 0.15) is 6.92 Å². The van der Waals surface area contributed by atoms with Crippen LogP contribution in [-0.4, -0.2) is 47.8 Å². The summed E-state index contributed by atoms with van der Waals surface area (Å²) in [4.78, 5) is 14.1. The van der Waals surface area contributed by atoms with Crippen LogP contribution in [-0.2, 0) is 4.74 Å². The standard InChI is InChI=1S/C16H26Cl2N2O4Si/c1-8-24-16(25(5,6)7)19-15(21)20(2)14-12(17)10(22-3)9-11(23-4)13(14)18/h9,16H,8H2,1-7H3,(H,19,21). The predicted molar refractivity (Wildman–Crippen MR) is 105 cm³/mol.